The van der Waals surface area contributed by atoms with Crippen molar-refractivity contribution in [3.63, 3.8) is 0 Å². The number of imidazole rings is 1. The van der Waals surface area contributed by atoms with Crippen LogP contribution >= 0.6 is 0 Å². The van der Waals surface area contributed by atoms with E-state index in [2.05, 4.69) is 41.5 Å². The molecule has 19 nitrogen and oxygen atoms in total. The summed E-state index contributed by atoms with van der Waals surface area (Å²) in [7, 11) is 0. The number of alkyl halides is 3. The third-order valence-electron chi connectivity index (χ3n) is 9.01. The maximum absolute atomic E-state index is 13.8. The van der Waals surface area contributed by atoms with Crippen LogP contribution in [0, 0.1) is 0 Å². The van der Waals surface area contributed by atoms with Crippen molar-refractivity contribution < 1.29 is 61.4 Å². The van der Waals surface area contributed by atoms with Gasteiger partial charge in [-0.05, 0) is 30.2 Å². The molecule has 0 radical (unpaired) electrons. The number of aliphatic carboxylic acids is 2. The summed E-state index contributed by atoms with van der Waals surface area (Å²) in [6.07, 6.45) is -3.25. The van der Waals surface area contributed by atoms with Crippen molar-refractivity contribution in [2.24, 2.45) is 0 Å². The molecule has 5 rings (SSSR count). The van der Waals surface area contributed by atoms with Crippen molar-refractivity contribution in [2.45, 2.75) is 69.4 Å². The number of benzene rings is 2. The smallest absolute Gasteiger partial charge is 0.417 e. The van der Waals surface area contributed by atoms with Gasteiger partial charge in [0, 0.05) is 78.4 Å². The van der Waals surface area contributed by atoms with E-state index in [9.17, 15) is 61.7 Å². The SMILES string of the molecule is CC(=O)N[C@@H](Cc1c[nH]c2ccccc12)C(=O)N[C@@H](CCC(=O)O)C(=O)N[C@@H](Cc1cnc[nH]1)C(=O)N[C@@H](CC(=O)O)C(=O)Nc1ccc2c(C(F)(F)F)cc(=O)oc2c1. The lowest BCUT2D eigenvalue weighted by Gasteiger charge is -2.26. The average Bonchev–Trinajstić information content (AvgIpc) is 3.84. The molecule has 0 bridgehead atoms. The van der Waals surface area contributed by atoms with E-state index in [-0.39, 0.29) is 30.3 Å². The Hall–Kier alpha value is -7.52. The van der Waals surface area contributed by atoms with Crippen LogP contribution in [-0.4, -0.2) is 90.8 Å². The standard InChI is InChI=1S/C38H37F3N8O11/c1-18(50)45-27(10-19-15-43-25-5-3-2-4-22(19)25)36(58)47-26(8-9-31(51)52)34(56)48-28(11-21-16-42-17-44-21)37(59)49-29(14-32(53)54)35(57)46-20-6-7-23-24(38(39,40)41)13-33(55)60-30(23)12-20/h2-7,12-13,15-17,26-29,43H,8-11,14H2,1H3,(H,42,44)(H,45,50)(H,46,57)(H,47,58)(H,48,56)(H,49,59)(H,51,52)(H,53,54)/t26-,27-,28-,29-/m0/s1. The van der Waals surface area contributed by atoms with Crippen LogP contribution in [0.1, 0.15) is 43.0 Å². The molecule has 2 aromatic carbocycles. The lowest BCUT2D eigenvalue weighted by atomic mass is 10.0. The number of fused-ring (bicyclic) bond motifs is 2. The highest BCUT2D eigenvalue weighted by Gasteiger charge is 2.35. The summed E-state index contributed by atoms with van der Waals surface area (Å²) in [5, 5.41) is 31.2. The Morgan fingerprint density at radius 1 is 0.783 bits per heavy atom. The number of carboxylic acids is 2. The number of aromatic nitrogens is 3. The Balaban J connectivity index is 1.36. The second-order valence-corrected chi connectivity index (χ2v) is 13.5. The minimum absolute atomic E-state index is 0.0389. The summed E-state index contributed by atoms with van der Waals surface area (Å²) < 4.78 is 45.5. The number of nitrogens with one attached hydrogen (secondary N) is 7. The molecule has 3 aromatic heterocycles. The topological polar surface area (TPSA) is 295 Å². The minimum atomic E-state index is -4.92. The van der Waals surface area contributed by atoms with E-state index in [4.69, 9.17) is 4.42 Å². The fraction of sp³-hybridized carbons (Fsp3) is 0.289. The molecule has 0 aliphatic heterocycles. The maximum Gasteiger partial charge on any atom is 0.417 e. The lowest BCUT2D eigenvalue weighted by molar-refractivity contribution is -0.140. The highest BCUT2D eigenvalue weighted by atomic mass is 19.4. The van der Waals surface area contributed by atoms with E-state index >= 15 is 0 Å². The molecule has 9 N–H and O–H groups in total. The van der Waals surface area contributed by atoms with Gasteiger partial charge in [-0.2, -0.15) is 13.2 Å². The van der Waals surface area contributed by atoms with E-state index in [0.717, 1.165) is 29.1 Å². The Morgan fingerprint density at radius 2 is 1.45 bits per heavy atom. The zero-order valence-electron chi connectivity index (χ0n) is 31.3. The first-order valence-electron chi connectivity index (χ1n) is 18.0. The monoisotopic (exact) mass is 838 g/mol. The first-order valence-corrected chi connectivity index (χ1v) is 18.0. The molecule has 0 aliphatic rings. The molecule has 0 aliphatic carbocycles. The fourth-order valence-electron chi connectivity index (χ4n) is 6.24. The van der Waals surface area contributed by atoms with Crippen molar-refractivity contribution in [1.29, 1.82) is 0 Å². The summed E-state index contributed by atoms with van der Waals surface area (Å²) in [5.74, 6) is -7.70. The Bertz CT molecular complexity index is 2480. The number of carboxylic acid groups (broad SMARTS) is 2. The summed E-state index contributed by atoms with van der Waals surface area (Å²) >= 11 is 0. The average molecular weight is 839 g/mol. The molecule has 5 aromatic rings. The van der Waals surface area contributed by atoms with Gasteiger partial charge in [0.25, 0.3) is 0 Å². The Morgan fingerprint density at radius 3 is 2.10 bits per heavy atom. The van der Waals surface area contributed by atoms with Gasteiger partial charge in [0.05, 0.1) is 18.3 Å². The Kier molecular flexibility index (Phi) is 13.7. The number of para-hydroxylation sites is 1. The van der Waals surface area contributed by atoms with Gasteiger partial charge >= 0.3 is 23.7 Å². The van der Waals surface area contributed by atoms with Gasteiger partial charge in [0.1, 0.15) is 29.8 Å². The van der Waals surface area contributed by atoms with Crippen LogP contribution < -0.4 is 32.2 Å². The van der Waals surface area contributed by atoms with E-state index in [1.54, 1.807) is 30.5 Å². The van der Waals surface area contributed by atoms with Gasteiger partial charge in [0.15, 0.2) is 0 Å². The lowest BCUT2D eigenvalue weighted by Crippen LogP contribution is -2.58. The van der Waals surface area contributed by atoms with Gasteiger partial charge in [-0.1, -0.05) is 18.2 Å². The van der Waals surface area contributed by atoms with E-state index in [1.807, 2.05) is 0 Å². The quantitative estimate of drug-likeness (QED) is 0.0571. The van der Waals surface area contributed by atoms with Crippen molar-refractivity contribution in [3.05, 3.63) is 94.5 Å². The van der Waals surface area contributed by atoms with Gasteiger partial charge in [0.2, 0.25) is 29.5 Å². The summed E-state index contributed by atoms with van der Waals surface area (Å²) in [6.45, 7) is 1.18. The molecule has 0 saturated heterocycles. The summed E-state index contributed by atoms with van der Waals surface area (Å²) in [4.78, 5) is 112. The van der Waals surface area contributed by atoms with Crippen LogP contribution in [0.3, 0.4) is 0 Å². The molecule has 5 amide bonds. The second-order valence-electron chi connectivity index (χ2n) is 13.5. The molecule has 22 heteroatoms. The van der Waals surface area contributed by atoms with Gasteiger partial charge in [-0.15, -0.1) is 0 Å². The third-order valence-corrected chi connectivity index (χ3v) is 9.01. The number of halogens is 3. The zero-order chi connectivity index (χ0) is 43.7. The molecule has 0 unspecified atom stereocenters. The molecular formula is C38H37F3N8O11. The number of hydrogen-bond donors (Lipinski definition) is 9. The largest absolute Gasteiger partial charge is 0.481 e. The number of anilines is 1. The normalized spacial score (nSPS) is 13.4. The van der Waals surface area contributed by atoms with Gasteiger partial charge < -0.3 is 51.2 Å². The second kappa shape index (κ2) is 18.8. The number of H-pyrrole nitrogens is 2. The highest BCUT2D eigenvalue weighted by molar-refractivity contribution is 6.01. The number of carbonyl (C=O) groups excluding carboxylic acids is 5. The molecule has 0 fully saturated rings. The first kappa shape index (κ1) is 43.6. The van der Waals surface area contributed by atoms with E-state index in [0.29, 0.717) is 5.56 Å². The molecule has 3 heterocycles. The van der Waals surface area contributed by atoms with Crippen molar-refractivity contribution in [2.75, 3.05) is 5.32 Å². The van der Waals surface area contributed by atoms with Crippen molar-refractivity contribution in [1.82, 2.24) is 36.2 Å². The summed E-state index contributed by atoms with van der Waals surface area (Å²) in [6, 6.07) is 3.92. The maximum atomic E-state index is 13.8. The number of rotatable bonds is 18. The van der Waals surface area contributed by atoms with Crippen LogP contribution in [-0.2, 0) is 52.6 Å². The van der Waals surface area contributed by atoms with Crippen LogP contribution in [0.15, 0.2) is 76.5 Å². The van der Waals surface area contributed by atoms with E-state index < -0.39 is 113 Å². The van der Waals surface area contributed by atoms with Crippen LogP contribution in [0.4, 0.5) is 18.9 Å². The highest BCUT2D eigenvalue weighted by Crippen LogP contribution is 2.34. The number of nitrogens with zero attached hydrogens (tertiary/aromatic N) is 1. The molecular weight excluding hydrogens is 801 g/mol. The van der Waals surface area contributed by atoms with Gasteiger partial charge in [-0.25, -0.2) is 9.78 Å². The predicted octanol–water partition coefficient (Wildman–Crippen LogP) is 1.74. The van der Waals surface area contributed by atoms with Crippen LogP contribution in [0.25, 0.3) is 21.9 Å². The van der Waals surface area contributed by atoms with Crippen LogP contribution in [0.2, 0.25) is 0 Å². The Labute approximate surface area is 335 Å². The first-order chi connectivity index (χ1) is 28.4. The van der Waals surface area contributed by atoms with E-state index in [1.165, 1.54) is 19.4 Å². The fourth-order valence-corrected chi connectivity index (χ4v) is 6.24. The molecule has 316 valence electrons. The molecule has 4 atom stereocenters. The van der Waals surface area contributed by atoms with Crippen molar-refractivity contribution in [3.8, 4) is 0 Å². The third kappa shape index (κ3) is 11.5. The summed E-state index contributed by atoms with van der Waals surface area (Å²) in [5.41, 5.74) is -1.75. The number of amides is 5. The molecule has 0 spiro atoms. The minimum Gasteiger partial charge on any atom is -0.481 e. The number of aromatic amines is 2. The van der Waals surface area contributed by atoms with Crippen LogP contribution in [0.5, 0.6) is 0 Å². The molecule has 0 saturated carbocycles. The predicted molar refractivity (Wildman–Crippen MR) is 203 cm³/mol. The van der Waals surface area contributed by atoms with Gasteiger partial charge in [-0.3, -0.25) is 33.6 Å². The molecule has 60 heavy (non-hydrogen) atoms. The number of carbonyl (C=O) groups is 7. The van der Waals surface area contributed by atoms with Crippen molar-refractivity contribution >= 4 is 69.0 Å². The zero-order valence-corrected chi connectivity index (χ0v) is 31.3. The number of hydrogen-bond acceptors (Lipinski definition) is 10.